The van der Waals surface area contributed by atoms with Crippen molar-refractivity contribution in [2.75, 3.05) is 17.7 Å². The van der Waals surface area contributed by atoms with Crippen LogP contribution in [0.1, 0.15) is 12.8 Å². The number of carbonyl (C=O) groups is 1. The third-order valence-corrected chi connectivity index (χ3v) is 3.43. The van der Waals surface area contributed by atoms with Crippen LogP contribution in [0.5, 0.6) is 5.75 Å². The van der Waals surface area contributed by atoms with Gasteiger partial charge in [0.2, 0.25) is 11.8 Å². The Balaban J connectivity index is 1.69. The number of hydrogen-bond donors (Lipinski definition) is 2. The first-order chi connectivity index (χ1) is 12.2. The Bertz CT molecular complexity index is 876. The minimum absolute atomic E-state index is 0.115. The average Bonchev–Trinajstić information content (AvgIpc) is 3.08. The summed E-state index contributed by atoms with van der Waals surface area (Å²) in [6.45, 7) is 1.84. The molecule has 1 aromatic heterocycles. The molecule has 0 aliphatic heterocycles. The van der Waals surface area contributed by atoms with Crippen molar-refractivity contribution in [2.45, 2.75) is 13.5 Å². The second kappa shape index (κ2) is 7.48. The molecule has 0 bridgehead atoms. The van der Waals surface area contributed by atoms with Crippen LogP contribution in [0, 0.1) is 0 Å². The quantitative estimate of drug-likeness (QED) is 0.717. The van der Waals surface area contributed by atoms with Gasteiger partial charge in [0.1, 0.15) is 5.75 Å². The summed E-state index contributed by atoms with van der Waals surface area (Å²) in [7, 11) is 1.60. The van der Waals surface area contributed by atoms with Gasteiger partial charge in [0.05, 0.1) is 19.2 Å². The van der Waals surface area contributed by atoms with E-state index in [0.717, 1.165) is 16.9 Å². The van der Waals surface area contributed by atoms with Gasteiger partial charge in [-0.05, 0) is 30.3 Å². The number of carbonyl (C=O) groups excluding carboxylic acids is 1. The van der Waals surface area contributed by atoms with Crippen molar-refractivity contribution in [2.24, 2.45) is 0 Å². The second-order valence-electron chi connectivity index (χ2n) is 5.32. The van der Waals surface area contributed by atoms with E-state index in [0.29, 0.717) is 24.1 Å². The van der Waals surface area contributed by atoms with Crippen LogP contribution >= 0.6 is 0 Å². The maximum absolute atomic E-state index is 11.1. The Morgan fingerprint density at radius 3 is 2.72 bits per heavy atom. The zero-order valence-corrected chi connectivity index (χ0v) is 13.9. The van der Waals surface area contributed by atoms with Crippen LogP contribution in [-0.4, -0.2) is 23.2 Å². The third kappa shape index (κ3) is 4.14. The Hall–Kier alpha value is -3.35. The Morgan fingerprint density at radius 2 is 1.92 bits per heavy atom. The summed E-state index contributed by atoms with van der Waals surface area (Å²) in [5.41, 5.74) is 2.30. The number of aromatic nitrogens is 2. The van der Waals surface area contributed by atoms with Gasteiger partial charge >= 0.3 is 0 Å². The van der Waals surface area contributed by atoms with Gasteiger partial charge in [-0.25, -0.2) is 0 Å². The van der Waals surface area contributed by atoms with E-state index in [2.05, 4.69) is 20.8 Å². The average molecular weight is 338 g/mol. The van der Waals surface area contributed by atoms with E-state index in [1.54, 1.807) is 7.11 Å². The van der Waals surface area contributed by atoms with Gasteiger partial charge in [-0.1, -0.05) is 18.2 Å². The van der Waals surface area contributed by atoms with Crippen molar-refractivity contribution in [3.8, 4) is 17.2 Å². The van der Waals surface area contributed by atoms with Crippen LogP contribution in [-0.2, 0) is 11.3 Å². The third-order valence-electron chi connectivity index (χ3n) is 3.43. The maximum Gasteiger partial charge on any atom is 0.251 e. The van der Waals surface area contributed by atoms with Crippen LogP contribution in [0.2, 0.25) is 0 Å². The Kier molecular flexibility index (Phi) is 4.94. The number of nitrogens with zero attached hydrogens (tertiary/aromatic N) is 2. The van der Waals surface area contributed by atoms with Crippen molar-refractivity contribution < 1.29 is 13.9 Å². The second-order valence-corrected chi connectivity index (χ2v) is 5.32. The normalized spacial score (nSPS) is 10.3. The van der Waals surface area contributed by atoms with Crippen molar-refractivity contribution >= 4 is 17.3 Å². The van der Waals surface area contributed by atoms with Crippen LogP contribution < -0.4 is 15.4 Å². The van der Waals surface area contributed by atoms with Crippen LogP contribution in [0.15, 0.2) is 52.9 Å². The van der Waals surface area contributed by atoms with Gasteiger partial charge in [-0.2, -0.15) is 0 Å². The fraction of sp³-hybridized carbons (Fsp3) is 0.167. The van der Waals surface area contributed by atoms with Gasteiger partial charge in [-0.15, -0.1) is 10.2 Å². The zero-order valence-electron chi connectivity index (χ0n) is 13.9. The lowest BCUT2D eigenvalue weighted by Crippen LogP contribution is -2.06. The van der Waals surface area contributed by atoms with E-state index in [4.69, 9.17) is 9.15 Å². The first-order valence-corrected chi connectivity index (χ1v) is 7.73. The number of benzene rings is 2. The zero-order chi connectivity index (χ0) is 17.6. The van der Waals surface area contributed by atoms with Crippen LogP contribution in [0.4, 0.5) is 11.4 Å². The van der Waals surface area contributed by atoms with E-state index in [9.17, 15) is 4.79 Å². The SMILES string of the molecule is COc1ccccc1-c1nnc(CNc2cccc(NC(C)=O)c2)o1. The molecule has 0 spiro atoms. The van der Waals surface area contributed by atoms with Gasteiger partial charge < -0.3 is 19.8 Å². The minimum Gasteiger partial charge on any atom is -0.496 e. The highest BCUT2D eigenvalue weighted by atomic mass is 16.5. The molecule has 3 rings (SSSR count). The molecule has 2 aromatic carbocycles. The molecule has 1 heterocycles. The van der Waals surface area contributed by atoms with E-state index < -0.39 is 0 Å². The van der Waals surface area contributed by atoms with Crippen molar-refractivity contribution in [3.63, 3.8) is 0 Å². The molecule has 0 saturated carbocycles. The molecule has 0 radical (unpaired) electrons. The molecule has 1 amide bonds. The van der Waals surface area contributed by atoms with E-state index in [-0.39, 0.29) is 5.91 Å². The molecule has 25 heavy (non-hydrogen) atoms. The summed E-state index contributed by atoms with van der Waals surface area (Å²) < 4.78 is 11.0. The molecule has 3 aromatic rings. The summed E-state index contributed by atoms with van der Waals surface area (Å²) >= 11 is 0. The number of anilines is 2. The predicted octanol–water partition coefficient (Wildman–Crippen LogP) is 3.32. The first kappa shape index (κ1) is 16.5. The number of amides is 1. The summed E-state index contributed by atoms with van der Waals surface area (Å²) in [4.78, 5) is 11.1. The lowest BCUT2D eigenvalue weighted by Gasteiger charge is -2.07. The number of nitrogens with one attached hydrogen (secondary N) is 2. The molecule has 0 unspecified atom stereocenters. The van der Waals surface area contributed by atoms with Crippen molar-refractivity contribution in [1.82, 2.24) is 10.2 Å². The molecule has 0 aliphatic rings. The Morgan fingerprint density at radius 1 is 1.12 bits per heavy atom. The van der Waals surface area contributed by atoms with E-state index >= 15 is 0 Å². The largest absolute Gasteiger partial charge is 0.496 e. The highest BCUT2D eigenvalue weighted by Crippen LogP contribution is 2.28. The number of ether oxygens (including phenoxy) is 1. The van der Waals surface area contributed by atoms with E-state index in [1.807, 2.05) is 48.5 Å². The summed E-state index contributed by atoms with van der Waals surface area (Å²) in [6, 6.07) is 14.9. The van der Waals surface area contributed by atoms with Gasteiger partial charge in [-0.3, -0.25) is 4.79 Å². The van der Waals surface area contributed by atoms with Crippen molar-refractivity contribution in [3.05, 3.63) is 54.4 Å². The minimum atomic E-state index is -0.115. The number of hydrogen-bond acceptors (Lipinski definition) is 6. The van der Waals surface area contributed by atoms with Crippen molar-refractivity contribution in [1.29, 1.82) is 0 Å². The van der Waals surface area contributed by atoms with E-state index in [1.165, 1.54) is 6.92 Å². The molecular formula is C18H18N4O3. The summed E-state index contributed by atoms with van der Waals surface area (Å²) in [5.74, 6) is 1.41. The predicted molar refractivity (Wildman–Crippen MR) is 94.4 cm³/mol. The van der Waals surface area contributed by atoms with Gasteiger partial charge in [0.25, 0.3) is 5.89 Å². The standard InChI is InChI=1S/C18H18N4O3/c1-12(23)20-14-7-5-6-13(10-14)19-11-17-21-22-18(25-17)15-8-3-4-9-16(15)24-2/h3-10,19H,11H2,1-2H3,(H,20,23). The molecule has 0 aliphatic carbocycles. The highest BCUT2D eigenvalue weighted by molar-refractivity contribution is 5.89. The van der Waals surface area contributed by atoms with Crippen LogP contribution in [0.3, 0.4) is 0 Å². The number of rotatable bonds is 6. The molecule has 128 valence electrons. The maximum atomic E-state index is 11.1. The molecular weight excluding hydrogens is 320 g/mol. The Labute approximate surface area is 145 Å². The monoisotopic (exact) mass is 338 g/mol. The van der Waals surface area contributed by atoms with Gasteiger partial charge in [0.15, 0.2) is 0 Å². The highest BCUT2D eigenvalue weighted by Gasteiger charge is 2.12. The lowest BCUT2D eigenvalue weighted by atomic mass is 10.2. The topological polar surface area (TPSA) is 89.3 Å². The molecule has 7 heteroatoms. The number of para-hydroxylation sites is 1. The molecule has 0 atom stereocenters. The molecule has 0 fully saturated rings. The van der Waals surface area contributed by atoms with Gasteiger partial charge in [0, 0.05) is 18.3 Å². The fourth-order valence-electron chi connectivity index (χ4n) is 2.34. The molecule has 7 nitrogen and oxygen atoms in total. The molecule has 2 N–H and O–H groups in total. The molecule has 0 saturated heterocycles. The van der Waals surface area contributed by atoms with Crippen LogP contribution in [0.25, 0.3) is 11.5 Å². The fourth-order valence-corrected chi connectivity index (χ4v) is 2.34. The lowest BCUT2D eigenvalue weighted by molar-refractivity contribution is -0.114. The smallest absolute Gasteiger partial charge is 0.251 e. The summed E-state index contributed by atoms with van der Waals surface area (Å²) in [5, 5.41) is 14.0. The number of methoxy groups -OCH3 is 1. The first-order valence-electron chi connectivity index (χ1n) is 7.73. The summed E-state index contributed by atoms with van der Waals surface area (Å²) in [6.07, 6.45) is 0.